The minimum atomic E-state index is -4.17. The van der Waals surface area contributed by atoms with E-state index in [1.807, 2.05) is 19.9 Å². The first-order valence-corrected chi connectivity index (χ1v) is 13.0. The van der Waals surface area contributed by atoms with E-state index in [1.165, 1.54) is 21.1 Å². The van der Waals surface area contributed by atoms with Crippen molar-refractivity contribution in [3.63, 3.8) is 0 Å². The van der Waals surface area contributed by atoms with Gasteiger partial charge in [-0.3, -0.25) is 14.9 Å². The van der Waals surface area contributed by atoms with E-state index in [0.29, 0.717) is 11.3 Å². The monoisotopic (exact) mass is 529 g/mol. The summed E-state index contributed by atoms with van der Waals surface area (Å²) < 4.78 is 41.0. The fourth-order valence-electron chi connectivity index (χ4n) is 3.82. The highest BCUT2D eigenvalue weighted by Crippen LogP contribution is 2.37. The number of aromatic nitrogens is 2. The van der Waals surface area contributed by atoms with E-state index >= 15 is 0 Å². The minimum Gasteiger partial charge on any atom is -0.437 e. The molecule has 1 N–H and O–H groups in total. The number of carbonyl (C=O) groups excluding carboxylic acids is 1. The van der Waals surface area contributed by atoms with Crippen molar-refractivity contribution in [3.8, 4) is 17.3 Å². The van der Waals surface area contributed by atoms with Gasteiger partial charge in [-0.25, -0.2) is 8.42 Å². The average Bonchev–Trinajstić information content (AvgIpc) is 3.20. The quantitative estimate of drug-likeness (QED) is 0.346. The molecule has 0 atom stereocenters. The van der Waals surface area contributed by atoms with Crippen molar-refractivity contribution in [1.82, 2.24) is 19.4 Å². The predicted octanol–water partition coefficient (Wildman–Crippen LogP) is 3.04. The molecule has 13 heteroatoms. The van der Waals surface area contributed by atoms with Crippen LogP contribution in [0.2, 0.25) is 0 Å². The van der Waals surface area contributed by atoms with Crippen molar-refractivity contribution in [2.45, 2.75) is 31.7 Å². The molecular formula is C24H27N5O7S. The molecule has 2 heterocycles. The van der Waals surface area contributed by atoms with E-state index in [0.717, 1.165) is 6.07 Å². The van der Waals surface area contributed by atoms with Crippen LogP contribution in [-0.4, -0.2) is 65.7 Å². The molecule has 1 aliphatic heterocycles. The Hall–Kier alpha value is -3.81. The van der Waals surface area contributed by atoms with Crippen molar-refractivity contribution >= 4 is 21.6 Å². The third-order valence-electron chi connectivity index (χ3n) is 5.64. The predicted molar refractivity (Wildman–Crippen MR) is 134 cm³/mol. The van der Waals surface area contributed by atoms with E-state index in [2.05, 4.69) is 10.4 Å². The van der Waals surface area contributed by atoms with Gasteiger partial charge in [0.15, 0.2) is 5.69 Å². The van der Waals surface area contributed by atoms with Crippen LogP contribution in [0.5, 0.6) is 11.6 Å². The van der Waals surface area contributed by atoms with Crippen molar-refractivity contribution in [3.05, 3.63) is 69.9 Å². The highest BCUT2D eigenvalue weighted by Gasteiger charge is 2.32. The molecule has 1 saturated heterocycles. The zero-order valence-corrected chi connectivity index (χ0v) is 21.4. The largest absolute Gasteiger partial charge is 0.437 e. The first-order chi connectivity index (χ1) is 17.6. The molecule has 2 aromatic carbocycles. The molecule has 12 nitrogen and oxygen atoms in total. The highest BCUT2D eigenvalue weighted by molar-refractivity contribution is 7.89. The SMILES string of the molecule is Cc1c(C(=O)NC(C)C)nn(-c2ccccc2)c1Oc1ccc([N+](=O)[O-])cc1S(=O)(=O)N1CCOCC1. The second-order valence-electron chi connectivity index (χ2n) is 8.66. The molecular weight excluding hydrogens is 502 g/mol. The number of amides is 1. The summed E-state index contributed by atoms with van der Waals surface area (Å²) >= 11 is 0. The second-order valence-corrected chi connectivity index (χ2v) is 10.6. The molecule has 1 amide bonds. The van der Waals surface area contributed by atoms with Gasteiger partial charge in [-0.05, 0) is 39.0 Å². The van der Waals surface area contributed by atoms with Crippen LogP contribution in [0.15, 0.2) is 53.4 Å². The average molecular weight is 530 g/mol. The molecule has 0 bridgehead atoms. The molecule has 37 heavy (non-hydrogen) atoms. The molecule has 196 valence electrons. The van der Waals surface area contributed by atoms with Crippen molar-refractivity contribution in [1.29, 1.82) is 0 Å². The third kappa shape index (κ3) is 5.48. The topological polar surface area (TPSA) is 146 Å². The molecule has 3 aromatic rings. The lowest BCUT2D eigenvalue weighted by molar-refractivity contribution is -0.385. The Morgan fingerprint density at radius 2 is 1.84 bits per heavy atom. The highest BCUT2D eigenvalue weighted by atomic mass is 32.2. The minimum absolute atomic E-state index is 0.102. The van der Waals surface area contributed by atoms with E-state index in [-0.39, 0.29) is 54.6 Å². The third-order valence-corrected chi connectivity index (χ3v) is 7.56. The summed E-state index contributed by atoms with van der Waals surface area (Å²) in [5.41, 5.74) is 0.648. The van der Waals surface area contributed by atoms with Crippen molar-refractivity contribution < 1.29 is 27.6 Å². The number of nitrogens with one attached hydrogen (secondary N) is 1. The summed E-state index contributed by atoms with van der Waals surface area (Å²) in [5, 5.41) is 18.7. The molecule has 1 fully saturated rings. The number of hydrogen-bond donors (Lipinski definition) is 1. The zero-order chi connectivity index (χ0) is 26.7. The number of nitro groups is 1. The maximum Gasteiger partial charge on any atom is 0.272 e. The molecule has 0 spiro atoms. The van der Waals surface area contributed by atoms with Crippen LogP contribution in [0, 0.1) is 17.0 Å². The summed E-state index contributed by atoms with van der Waals surface area (Å²) in [6, 6.07) is 12.1. The number of carbonyl (C=O) groups is 1. The number of rotatable bonds is 8. The lowest BCUT2D eigenvalue weighted by Crippen LogP contribution is -2.40. The molecule has 0 radical (unpaired) electrons. The van der Waals surface area contributed by atoms with E-state index in [4.69, 9.17) is 9.47 Å². The van der Waals surface area contributed by atoms with Gasteiger partial charge in [0.05, 0.1) is 23.8 Å². The standard InChI is InChI=1S/C24H27N5O7S/c1-16(2)25-23(30)22-17(3)24(28(26-22)18-7-5-4-6-8-18)36-20-10-9-19(29(31)32)15-21(20)37(33,34)27-11-13-35-14-12-27/h4-10,15-16H,11-14H2,1-3H3,(H,25,30). The van der Waals surface area contributed by atoms with Crippen molar-refractivity contribution in [2.75, 3.05) is 26.3 Å². The Morgan fingerprint density at radius 1 is 1.16 bits per heavy atom. The number of nitro benzene ring substituents is 1. The van der Waals surface area contributed by atoms with Gasteiger partial charge in [0, 0.05) is 36.8 Å². The Morgan fingerprint density at radius 3 is 2.46 bits per heavy atom. The van der Waals surface area contributed by atoms with E-state index in [1.54, 1.807) is 31.2 Å². The number of benzene rings is 2. The lowest BCUT2D eigenvalue weighted by atomic mass is 10.2. The summed E-state index contributed by atoms with van der Waals surface area (Å²) in [4.78, 5) is 23.3. The number of nitrogens with zero attached hydrogens (tertiary/aromatic N) is 4. The maximum atomic E-state index is 13.5. The Kier molecular flexibility index (Phi) is 7.57. The number of para-hydroxylation sites is 1. The number of sulfonamides is 1. The van der Waals surface area contributed by atoms with Crippen LogP contribution in [0.25, 0.3) is 5.69 Å². The van der Waals surface area contributed by atoms with Gasteiger partial charge >= 0.3 is 0 Å². The van der Waals surface area contributed by atoms with Gasteiger partial charge in [0.1, 0.15) is 10.6 Å². The molecule has 1 aliphatic rings. The lowest BCUT2D eigenvalue weighted by Gasteiger charge is -2.26. The molecule has 0 saturated carbocycles. The molecule has 0 aliphatic carbocycles. The van der Waals surface area contributed by atoms with Crippen LogP contribution < -0.4 is 10.1 Å². The molecule has 0 unspecified atom stereocenters. The van der Waals surface area contributed by atoms with E-state index in [9.17, 15) is 23.3 Å². The van der Waals surface area contributed by atoms with Crippen LogP contribution in [0.3, 0.4) is 0 Å². The van der Waals surface area contributed by atoms with Crippen molar-refractivity contribution in [2.24, 2.45) is 0 Å². The summed E-state index contributed by atoms with van der Waals surface area (Å²) in [6.07, 6.45) is 0. The van der Waals surface area contributed by atoms with Gasteiger partial charge in [-0.15, -0.1) is 0 Å². The fraction of sp³-hybridized carbons (Fsp3) is 0.333. The van der Waals surface area contributed by atoms with Crippen LogP contribution in [-0.2, 0) is 14.8 Å². The zero-order valence-electron chi connectivity index (χ0n) is 20.6. The van der Waals surface area contributed by atoms with Gasteiger partial charge in [0.25, 0.3) is 11.6 Å². The Bertz CT molecular complexity index is 1410. The first-order valence-electron chi connectivity index (χ1n) is 11.6. The summed E-state index contributed by atoms with van der Waals surface area (Å²) in [6.45, 7) is 5.89. The second kappa shape index (κ2) is 10.7. The fourth-order valence-corrected chi connectivity index (χ4v) is 5.36. The van der Waals surface area contributed by atoms with E-state index < -0.39 is 26.5 Å². The van der Waals surface area contributed by atoms with Gasteiger partial charge in [0.2, 0.25) is 15.9 Å². The van der Waals surface area contributed by atoms with Crippen LogP contribution in [0.1, 0.15) is 29.9 Å². The maximum absolute atomic E-state index is 13.5. The smallest absolute Gasteiger partial charge is 0.272 e. The summed E-state index contributed by atoms with van der Waals surface area (Å²) in [5.74, 6) is -0.447. The van der Waals surface area contributed by atoms with Gasteiger partial charge in [-0.2, -0.15) is 14.1 Å². The van der Waals surface area contributed by atoms with Gasteiger partial charge in [-0.1, -0.05) is 18.2 Å². The van der Waals surface area contributed by atoms with Crippen LogP contribution in [0.4, 0.5) is 5.69 Å². The normalized spacial score (nSPS) is 14.5. The number of hydrogen-bond acceptors (Lipinski definition) is 8. The first kappa shape index (κ1) is 26.3. The molecule has 4 rings (SSSR count). The number of non-ortho nitro benzene ring substituents is 1. The number of morpholine rings is 1. The summed E-state index contributed by atoms with van der Waals surface area (Å²) in [7, 11) is -4.17. The molecule has 1 aromatic heterocycles. The Labute approximate surface area is 214 Å². The van der Waals surface area contributed by atoms with Crippen LogP contribution >= 0.6 is 0 Å². The van der Waals surface area contributed by atoms with Gasteiger partial charge < -0.3 is 14.8 Å². The number of ether oxygens (including phenoxy) is 2. The Balaban J connectivity index is 1.86.